The van der Waals surface area contributed by atoms with Crippen LogP contribution in [-0.4, -0.2) is 24.6 Å². The smallest absolute Gasteiger partial charge is 0.128 e. The minimum Gasteiger partial charge on any atom is -0.384 e. The zero-order valence-corrected chi connectivity index (χ0v) is 11.5. The Morgan fingerprint density at radius 2 is 2.00 bits per heavy atom. The number of hydrogen-bond acceptors (Lipinski definition) is 3. The Kier molecular flexibility index (Phi) is 5.31. The zero-order chi connectivity index (χ0) is 12.6. The van der Waals surface area contributed by atoms with Crippen LogP contribution in [0, 0.1) is 0 Å². The third-order valence-electron chi connectivity index (χ3n) is 3.54. The summed E-state index contributed by atoms with van der Waals surface area (Å²) in [5, 5.41) is 3.44. The minimum atomic E-state index is 1.06. The lowest BCUT2D eigenvalue weighted by molar-refractivity contribution is 0.685. The Bertz CT molecular complexity index is 328. The quantitative estimate of drug-likeness (QED) is 0.745. The maximum Gasteiger partial charge on any atom is 0.128 e. The van der Waals surface area contributed by atoms with Crippen LogP contribution in [0.2, 0.25) is 0 Å². The van der Waals surface area contributed by atoms with Crippen molar-refractivity contribution in [3.8, 4) is 0 Å². The lowest BCUT2D eigenvalue weighted by atomic mass is 10.2. The van der Waals surface area contributed by atoms with Gasteiger partial charge in [-0.05, 0) is 31.4 Å². The van der Waals surface area contributed by atoms with Crippen molar-refractivity contribution < 1.29 is 0 Å². The number of pyridine rings is 1. The molecule has 0 amide bonds. The van der Waals surface area contributed by atoms with Crippen molar-refractivity contribution >= 4 is 11.5 Å². The van der Waals surface area contributed by atoms with Crippen LogP contribution >= 0.6 is 0 Å². The molecular formula is C15H25N3. The highest BCUT2D eigenvalue weighted by Crippen LogP contribution is 2.19. The Balaban J connectivity index is 1.73. The molecule has 0 spiro atoms. The molecule has 2 rings (SSSR count). The molecule has 0 aromatic carbocycles. The van der Waals surface area contributed by atoms with E-state index in [0.29, 0.717) is 0 Å². The SMILES string of the molecule is CCCCCCNc1ccc(N2CCCC2)nc1. The predicted octanol–water partition coefficient (Wildman–Crippen LogP) is 3.67. The largest absolute Gasteiger partial charge is 0.384 e. The van der Waals surface area contributed by atoms with Crippen molar-refractivity contribution in [3.63, 3.8) is 0 Å². The van der Waals surface area contributed by atoms with Crippen LogP contribution in [0.5, 0.6) is 0 Å². The van der Waals surface area contributed by atoms with Gasteiger partial charge in [0.25, 0.3) is 0 Å². The lowest BCUT2D eigenvalue weighted by Gasteiger charge is -2.16. The van der Waals surface area contributed by atoms with Crippen molar-refractivity contribution in [2.24, 2.45) is 0 Å². The van der Waals surface area contributed by atoms with E-state index in [9.17, 15) is 0 Å². The Morgan fingerprint density at radius 3 is 2.67 bits per heavy atom. The molecule has 1 aromatic heterocycles. The first-order chi connectivity index (χ1) is 8.90. The van der Waals surface area contributed by atoms with Crippen LogP contribution in [0.15, 0.2) is 18.3 Å². The van der Waals surface area contributed by atoms with Crippen molar-refractivity contribution in [2.75, 3.05) is 29.9 Å². The molecule has 0 unspecified atom stereocenters. The molecule has 0 radical (unpaired) electrons. The van der Waals surface area contributed by atoms with E-state index in [1.54, 1.807) is 0 Å². The highest BCUT2D eigenvalue weighted by molar-refractivity contribution is 5.48. The van der Waals surface area contributed by atoms with Gasteiger partial charge in [-0.2, -0.15) is 0 Å². The van der Waals surface area contributed by atoms with Gasteiger partial charge in [0.15, 0.2) is 0 Å². The molecule has 1 aliphatic heterocycles. The van der Waals surface area contributed by atoms with Crippen molar-refractivity contribution in [1.82, 2.24) is 4.98 Å². The lowest BCUT2D eigenvalue weighted by Crippen LogP contribution is -2.18. The van der Waals surface area contributed by atoms with Crippen molar-refractivity contribution in [1.29, 1.82) is 0 Å². The van der Waals surface area contributed by atoms with Gasteiger partial charge in [0.1, 0.15) is 5.82 Å². The summed E-state index contributed by atoms with van der Waals surface area (Å²) in [5.41, 5.74) is 1.15. The molecule has 1 aromatic rings. The molecular weight excluding hydrogens is 222 g/mol. The third kappa shape index (κ3) is 3.90. The van der Waals surface area contributed by atoms with E-state index in [1.807, 2.05) is 6.20 Å². The van der Waals surface area contributed by atoms with E-state index in [0.717, 1.165) is 31.1 Å². The molecule has 18 heavy (non-hydrogen) atoms. The van der Waals surface area contributed by atoms with Gasteiger partial charge in [0, 0.05) is 19.6 Å². The van der Waals surface area contributed by atoms with E-state index in [4.69, 9.17) is 0 Å². The minimum absolute atomic E-state index is 1.06. The fourth-order valence-corrected chi connectivity index (χ4v) is 2.41. The summed E-state index contributed by atoms with van der Waals surface area (Å²) in [5.74, 6) is 1.13. The standard InChI is InChI=1S/C15H25N3/c1-2-3-4-5-10-16-14-8-9-15(17-13-14)18-11-6-7-12-18/h8-9,13,16H,2-7,10-12H2,1H3. The van der Waals surface area contributed by atoms with Gasteiger partial charge in [-0.1, -0.05) is 26.2 Å². The van der Waals surface area contributed by atoms with Gasteiger partial charge in [0.2, 0.25) is 0 Å². The van der Waals surface area contributed by atoms with Crippen LogP contribution in [0.1, 0.15) is 45.4 Å². The Morgan fingerprint density at radius 1 is 1.17 bits per heavy atom. The molecule has 3 heteroatoms. The maximum absolute atomic E-state index is 4.54. The molecule has 2 heterocycles. The van der Waals surface area contributed by atoms with Gasteiger partial charge in [-0.25, -0.2) is 4.98 Å². The topological polar surface area (TPSA) is 28.2 Å². The summed E-state index contributed by atoms with van der Waals surface area (Å²) >= 11 is 0. The first-order valence-electron chi connectivity index (χ1n) is 7.35. The second kappa shape index (κ2) is 7.24. The second-order valence-corrected chi connectivity index (χ2v) is 5.09. The number of nitrogens with one attached hydrogen (secondary N) is 1. The number of unbranched alkanes of at least 4 members (excludes halogenated alkanes) is 3. The first kappa shape index (κ1) is 13.2. The summed E-state index contributed by atoms with van der Waals surface area (Å²) in [6.07, 6.45) is 9.79. The summed E-state index contributed by atoms with van der Waals surface area (Å²) in [6.45, 7) is 5.63. The second-order valence-electron chi connectivity index (χ2n) is 5.09. The number of anilines is 2. The molecule has 0 saturated carbocycles. The zero-order valence-electron chi connectivity index (χ0n) is 11.5. The van der Waals surface area contributed by atoms with Crippen LogP contribution in [0.3, 0.4) is 0 Å². The molecule has 1 N–H and O–H groups in total. The number of hydrogen-bond donors (Lipinski definition) is 1. The van der Waals surface area contributed by atoms with Gasteiger partial charge >= 0.3 is 0 Å². The highest BCUT2D eigenvalue weighted by atomic mass is 15.2. The Labute approximate surface area is 111 Å². The first-order valence-corrected chi connectivity index (χ1v) is 7.35. The maximum atomic E-state index is 4.54. The third-order valence-corrected chi connectivity index (χ3v) is 3.54. The summed E-state index contributed by atoms with van der Waals surface area (Å²) < 4.78 is 0. The summed E-state index contributed by atoms with van der Waals surface area (Å²) in [4.78, 5) is 6.91. The molecule has 3 nitrogen and oxygen atoms in total. The van der Waals surface area contributed by atoms with E-state index in [2.05, 4.69) is 34.3 Å². The van der Waals surface area contributed by atoms with Crippen LogP contribution < -0.4 is 10.2 Å². The van der Waals surface area contributed by atoms with Crippen LogP contribution in [0.25, 0.3) is 0 Å². The van der Waals surface area contributed by atoms with Gasteiger partial charge in [0.05, 0.1) is 11.9 Å². The molecule has 1 aliphatic rings. The van der Waals surface area contributed by atoms with E-state index in [-0.39, 0.29) is 0 Å². The van der Waals surface area contributed by atoms with Crippen molar-refractivity contribution in [3.05, 3.63) is 18.3 Å². The fourth-order valence-electron chi connectivity index (χ4n) is 2.41. The van der Waals surface area contributed by atoms with Gasteiger partial charge < -0.3 is 10.2 Å². The van der Waals surface area contributed by atoms with E-state index >= 15 is 0 Å². The fraction of sp³-hybridized carbons (Fsp3) is 0.667. The molecule has 0 aliphatic carbocycles. The monoisotopic (exact) mass is 247 g/mol. The molecule has 0 atom stereocenters. The summed E-state index contributed by atoms with van der Waals surface area (Å²) in [6, 6.07) is 4.29. The average molecular weight is 247 g/mol. The number of nitrogens with zero attached hydrogens (tertiary/aromatic N) is 2. The average Bonchev–Trinajstić information content (AvgIpc) is 2.93. The molecule has 0 bridgehead atoms. The normalized spacial score (nSPS) is 15.1. The van der Waals surface area contributed by atoms with Gasteiger partial charge in [-0.15, -0.1) is 0 Å². The van der Waals surface area contributed by atoms with Gasteiger partial charge in [-0.3, -0.25) is 0 Å². The van der Waals surface area contributed by atoms with E-state index in [1.165, 1.54) is 38.5 Å². The predicted molar refractivity (Wildman–Crippen MR) is 78.3 cm³/mol. The molecule has 1 fully saturated rings. The summed E-state index contributed by atoms with van der Waals surface area (Å²) in [7, 11) is 0. The Hall–Kier alpha value is -1.25. The van der Waals surface area contributed by atoms with E-state index < -0.39 is 0 Å². The number of aromatic nitrogens is 1. The number of rotatable bonds is 7. The van der Waals surface area contributed by atoms with Crippen LogP contribution in [-0.2, 0) is 0 Å². The van der Waals surface area contributed by atoms with Crippen molar-refractivity contribution in [2.45, 2.75) is 45.4 Å². The molecule has 100 valence electrons. The molecule has 1 saturated heterocycles. The highest BCUT2D eigenvalue weighted by Gasteiger charge is 2.12. The van der Waals surface area contributed by atoms with Crippen LogP contribution in [0.4, 0.5) is 11.5 Å².